The fraction of sp³-hybridized carbons (Fsp3) is 0.571. The molecule has 17 heavy (non-hydrogen) atoms. The molecule has 0 bridgehead atoms. The number of benzene rings is 1. The highest BCUT2D eigenvalue weighted by molar-refractivity contribution is 5.22. The lowest BCUT2D eigenvalue weighted by Crippen LogP contribution is -2.34. The Morgan fingerprint density at radius 1 is 1.06 bits per heavy atom. The molecule has 92 valence electrons. The number of halogens is 1. The Labute approximate surface area is 101 Å². The van der Waals surface area contributed by atoms with E-state index in [0.717, 1.165) is 31.2 Å². The van der Waals surface area contributed by atoms with Gasteiger partial charge in [0.2, 0.25) is 0 Å². The molecule has 0 unspecified atom stereocenters. The van der Waals surface area contributed by atoms with Gasteiger partial charge in [-0.05, 0) is 30.4 Å². The summed E-state index contributed by atoms with van der Waals surface area (Å²) in [6, 6.07) is 7.09. The molecule has 1 aromatic carbocycles. The first-order valence-corrected chi connectivity index (χ1v) is 6.31. The van der Waals surface area contributed by atoms with Crippen LogP contribution in [0.2, 0.25) is 0 Å². The molecule has 1 aromatic rings. The highest BCUT2D eigenvalue weighted by Crippen LogP contribution is 2.42. The predicted octanol–water partition coefficient (Wildman–Crippen LogP) is 3.23. The standard InChI is InChI=1S/C14H17FO2/c15-13-4-2-1-3-12(13)11-5-7-14(8-6-11)16-9-10-17-14/h1-4,11H,5-10H2. The first kappa shape index (κ1) is 11.2. The van der Waals surface area contributed by atoms with Gasteiger partial charge in [-0.2, -0.15) is 0 Å². The van der Waals surface area contributed by atoms with Crippen molar-refractivity contribution in [1.82, 2.24) is 0 Å². The molecule has 1 spiro atoms. The van der Waals surface area contributed by atoms with E-state index in [1.807, 2.05) is 12.1 Å². The largest absolute Gasteiger partial charge is 0.348 e. The van der Waals surface area contributed by atoms with Crippen molar-refractivity contribution in [2.45, 2.75) is 37.4 Å². The lowest BCUT2D eigenvalue weighted by atomic mass is 9.81. The number of rotatable bonds is 1. The zero-order valence-corrected chi connectivity index (χ0v) is 9.82. The fourth-order valence-corrected chi connectivity index (χ4v) is 2.96. The molecule has 1 saturated heterocycles. The minimum Gasteiger partial charge on any atom is -0.348 e. The summed E-state index contributed by atoms with van der Waals surface area (Å²) in [7, 11) is 0. The summed E-state index contributed by atoms with van der Waals surface area (Å²) >= 11 is 0. The van der Waals surface area contributed by atoms with Gasteiger partial charge in [0.25, 0.3) is 0 Å². The van der Waals surface area contributed by atoms with Crippen molar-refractivity contribution in [3.05, 3.63) is 35.6 Å². The lowest BCUT2D eigenvalue weighted by molar-refractivity contribution is -0.178. The van der Waals surface area contributed by atoms with Gasteiger partial charge in [0.1, 0.15) is 5.82 Å². The molecule has 3 heteroatoms. The topological polar surface area (TPSA) is 18.5 Å². The second-order valence-electron chi connectivity index (χ2n) is 4.90. The van der Waals surface area contributed by atoms with Crippen LogP contribution in [0.4, 0.5) is 4.39 Å². The molecule has 0 aromatic heterocycles. The van der Waals surface area contributed by atoms with E-state index in [-0.39, 0.29) is 11.6 Å². The Bertz CT molecular complexity index is 389. The zero-order valence-electron chi connectivity index (χ0n) is 9.82. The van der Waals surface area contributed by atoms with E-state index in [9.17, 15) is 4.39 Å². The van der Waals surface area contributed by atoms with Gasteiger partial charge in [-0.15, -0.1) is 0 Å². The van der Waals surface area contributed by atoms with Gasteiger partial charge in [0.05, 0.1) is 13.2 Å². The quantitative estimate of drug-likeness (QED) is 0.745. The molecule has 2 fully saturated rings. The van der Waals surface area contributed by atoms with Gasteiger partial charge < -0.3 is 9.47 Å². The summed E-state index contributed by atoms with van der Waals surface area (Å²) in [6.45, 7) is 1.40. The molecular weight excluding hydrogens is 219 g/mol. The maximum absolute atomic E-state index is 13.7. The molecule has 0 amide bonds. The van der Waals surface area contributed by atoms with Crippen molar-refractivity contribution >= 4 is 0 Å². The molecule has 1 heterocycles. The smallest absolute Gasteiger partial charge is 0.168 e. The van der Waals surface area contributed by atoms with Crippen LogP contribution in [-0.4, -0.2) is 19.0 Å². The maximum atomic E-state index is 13.7. The normalized spacial score (nSPS) is 24.3. The van der Waals surface area contributed by atoms with Crippen LogP contribution in [0, 0.1) is 5.82 Å². The van der Waals surface area contributed by atoms with Crippen molar-refractivity contribution < 1.29 is 13.9 Å². The first-order chi connectivity index (χ1) is 8.29. The minimum absolute atomic E-state index is 0.0818. The average molecular weight is 236 g/mol. The molecule has 1 saturated carbocycles. The average Bonchev–Trinajstić information content (AvgIpc) is 2.80. The predicted molar refractivity (Wildman–Crippen MR) is 62.2 cm³/mol. The third kappa shape index (κ3) is 2.09. The van der Waals surface area contributed by atoms with Crippen LogP contribution in [0.5, 0.6) is 0 Å². The summed E-state index contributed by atoms with van der Waals surface area (Å²) in [6.07, 6.45) is 3.65. The van der Waals surface area contributed by atoms with Crippen molar-refractivity contribution in [3.8, 4) is 0 Å². The molecule has 0 N–H and O–H groups in total. The Balaban J connectivity index is 1.71. The van der Waals surface area contributed by atoms with Gasteiger partial charge in [0, 0.05) is 12.8 Å². The summed E-state index contributed by atoms with van der Waals surface area (Å²) in [4.78, 5) is 0. The Morgan fingerprint density at radius 2 is 1.71 bits per heavy atom. The lowest BCUT2D eigenvalue weighted by Gasteiger charge is -2.35. The van der Waals surface area contributed by atoms with Crippen LogP contribution in [0.3, 0.4) is 0 Å². The number of ether oxygens (including phenoxy) is 2. The third-order valence-electron chi connectivity index (χ3n) is 3.91. The fourth-order valence-electron chi connectivity index (χ4n) is 2.96. The zero-order chi connectivity index (χ0) is 11.7. The van der Waals surface area contributed by atoms with Crippen molar-refractivity contribution in [2.75, 3.05) is 13.2 Å². The van der Waals surface area contributed by atoms with Gasteiger partial charge in [-0.3, -0.25) is 0 Å². The highest BCUT2D eigenvalue weighted by Gasteiger charge is 2.40. The molecule has 2 aliphatic rings. The van der Waals surface area contributed by atoms with E-state index < -0.39 is 0 Å². The van der Waals surface area contributed by atoms with Gasteiger partial charge >= 0.3 is 0 Å². The van der Waals surface area contributed by atoms with Crippen LogP contribution in [0.1, 0.15) is 37.2 Å². The van der Waals surface area contributed by atoms with Crippen molar-refractivity contribution in [3.63, 3.8) is 0 Å². The van der Waals surface area contributed by atoms with Gasteiger partial charge in [-0.1, -0.05) is 18.2 Å². The van der Waals surface area contributed by atoms with E-state index in [1.165, 1.54) is 0 Å². The molecule has 1 aliphatic heterocycles. The van der Waals surface area contributed by atoms with E-state index in [4.69, 9.17) is 9.47 Å². The second kappa shape index (κ2) is 4.39. The summed E-state index contributed by atoms with van der Waals surface area (Å²) in [5.41, 5.74) is 0.848. The van der Waals surface area contributed by atoms with Crippen LogP contribution < -0.4 is 0 Å². The SMILES string of the molecule is Fc1ccccc1C1CCC2(CC1)OCCO2. The molecule has 0 atom stereocenters. The molecular formula is C14H17FO2. The Kier molecular flexibility index (Phi) is 2.89. The van der Waals surface area contributed by atoms with Crippen LogP contribution in [0.25, 0.3) is 0 Å². The Morgan fingerprint density at radius 3 is 2.35 bits per heavy atom. The van der Waals surface area contributed by atoms with Crippen LogP contribution in [-0.2, 0) is 9.47 Å². The maximum Gasteiger partial charge on any atom is 0.168 e. The molecule has 1 aliphatic carbocycles. The van der Waals surface area contributed by atoms with E-state index in [0.29, 0.717) is 19.1 Å². The van der Waals surface area contributed by atoms with E-state index >= 15 is 0 Å². The van der Waals surface area contributed by atoms with E-state index in [2.05, 4.69) is 0 Å². The second-order valence-corrected chi connectivity index (χ2v) is 4.90. The van der Waals surface area contributed by atoms with E-state index in [1.54, 1.807) is 12.1 Å². The molecule has 2 nitrogen and oxygen atoms in total. The first-order valence-electron chi connectivity index (χ1n) is 6.31. The van der Waals surface area contributed by atoms with Crippen molar-refractivity contribution in [1.29, 1.82) is 0 Å². The number of hydrogen-bond donors (Lipinski definition) is 0. The summed E-state index contributed by atoms with van der Waals surface area (Å²) in [5.74, 6) is -0.113. The highest BCUT2D eigenvalue weighted by atomic mass is 19.1. The summed E-state index contributed by atoms with van der Waals surface area (Å²) in [5, 5.41) is 0. The number of hydrogen-bond acceptors (Lipinski definition) is 2. The van der Waals surface area contributed by atoms with Crippen LogP contribution in [0.15, 0.2) is 24.3 Å². The monoisotopic (exact) mass is 236 g/mol. The van der Waals surface area contributed by atoms with Crippen molar-refractivity contribution in [2.24, 2.45) is 0 Å². The van der Waals surface area contributed by atoms with Gasteiger partial charge in [-0.25, -0.2) is 4.39 Å². The third-order valence-corrected chi connectivity index (χ3v) is 3.91. The summed E-state index contributed by atoms with van der Waals surface area (Å²) < 4.78 is 25.0. The Hall–Kier alpha value is -0.930. The van der Waals surface area contributed by atoms with Gasteiger partial charge in [0.15, 0.2) is 5.79 Å². The minimum atomic E-state index is -0.345. The molecule has 3 rings (SSSR count). The molecule has 0 radical (unpaired) electrons. The van der Waals surface area contributed by atoms with Crippen LogP contribution >= 0.6 is 0 Å².